The summed E-state index contributed by atoms with van der Waals surface area (Å²) in [6.45, 7) is 4.17. The van der Waals surface area contributed by atoms with Crippen LogP contribution >= 0.6 is 0 Å². The second-order valence-electron chi connectivity index (χ2n) is 7.90. The average Bonchev–Trinajstić information content (AvgIpc) is 3.08. The van der Waals surface area contributed by atoms with Crippen molar-refractivity contribution in [2.45, 2.75) is 12.6 Å². The predicted octanol–water partition coefficient (Wildman–Crippen LogP) is 2.20. The largest absolute Gasteiger partial charge is 0.451 e. The van der Waals surface area contributed by atoms with Gasteiger partial charge in [0.2, 0.25) is 0 Å². The van der Waals surface area contributed by atoms with Crippen molar-refractivity contribution in [2.75, 3.05) is 40.3 Å². The van der Waals surface area contributed by atoms with Gasteiger partial charge in [-0.2, -0.15) is 9.78 Å². The van der Waals surface area contributed by atoms with E-state index in [-0.39, 0.29) is 17.6 Å². The van der Waals surface area contributed by atoms with Gasteiger partial charge < -0.3 is 15.0 Å². The number of fused-ring (bicyclic) bond motifs is 1. The predicted molar refractivity (Wildman–Crippen MR) is 118 cm³/mol. The van der Waals surface area contributed by atoms with E-state index in [1.165, 1.54) is 12.7 Å². The molecule has 1 aliphatic heterocycles. The van der Waals surface area contributed by atoms with Gasteiger partial charge in [0.25, 0.3) is 5.91 Å². The third-order valence-corrected chi connectivity index (χ3v) is 5.54. The van der Waals surface area contributed by atoms with Gasteiger partial charge in [0.05, 0.1) is 18.7 Å². The fraction of sp³-hybridized carbons (Fsp3) is 0.348. The molecule has 1 aliphatic rings. The second kappa shape index (κ2) is 9.28. The third-order valence-electron chi connectivity index (χ3n) is 5.54. The van der Waals surface area contributed by atoms with Crippen molar-refractivity contribution in [1.82, 2.24) is 24.9 Å². The maximum atomic E-state index is 13.2. The van der Waals surface area contributed by atoms with Gasteiger partial charge in [-0.25, -0.2) is 4.79 Å². The molecular weight excluding hydrogens is 394 g/mol. The Bertz CT molecular complexity index is 1070. The van der Waals surface area contributed by atoms with E-state index >= 15 is 0 Å². The molecule has 0 aliphatic carbocycles. The molecule has 1 fully saturated rings. The van der Waals surface area contributed by atoms with E-state index in [0.717, 1.165) is 37.4 Å². The van der Waals surface area contributed by atoms with Crippen LogP contribution in [0.25, 0.3) is 10.9 Å². The van der Waals surface area contributed by atoms with Gasteiger partial charge in [0.15, 0.2) is 5.69 Å². The van der Waals surface area contributed by atoms with Gasteiger partial charge >= 0.3 is 6.09 Å². The fourth-order valence-electron chi connectivity index (χ4n) is 4.03. The number of nitrogens with zero attached hydrogens (tertiary/aromatic N) is 4. The third kappa shape index (κ3) is 4.76. The van der Waals surface area contributed by atoms with E-state index in [4.69, 9.17) is 4.74 Å². The number of carbonyl (C=O) groups excluding carboxylic acids is 2. The number of para-hydroxylation sites is 1. The molecule has 8 nitrogen and oxygen atoms in total. The van der Waals surface area contributed by atoms with Crippen molar-refractivity contribution in [1.29, 1.82) is 0 Å². The molecule has 1 saturated heterocycles. The highest BCUT2D eigenvalue weighted by Crippen LogP contribution is 2.19. The number of ether oxygens (including phenoxy) is 1. The van der Waals surface area contributed by atoms with Crippen molar-refractivity contribution >= 4 is 22.9 Å². The summed E-state index contributed by atoms with van der Waals surface area (Å²) in [6.07, 6.45) is -0.626. The van der Waals surface area contributed by atoms with Crippen LogP contribution in [0.2, 0.25) is 0 Å². The number of aromatic nitrogens is 2. The molecule has 0 radical (unpaired) electrons. The van der Waals surface area contributed by atoms with Crippen LogP contribution in [-0.2, 0) is 11.3 Å². The highest BCUT2D eigenvalue weighted by Gasteiger charge is 2.26. The van der Waals surface area contributed by atoms with Crippen LogP contribution in [0, 0.1) is 0 Å². The SMILES string of the molecule is COC(=O)n1nc(C(=O)NC2CN(C)CCN(Cc3ccccc3)C2)c2ccccc21. The number of carbonyl (C=O) groups is 2. The molecule has 0 bridgehead atoms. The number of hydrogen-bond acceptors (Lipinski definition) is 6. The lowest BCUT2D eigenvalue weighted by molar-refractivity contribution is 0.0920. The van der Waals surface area contributed by atoms with Gasteiger partial charge in [0, 0.05) is 38.1 Å². The zero-order valence-corrected chi connectivity index (χ0v) is 17.8. The normalized spacial score (nSPS) is 17.9. The van der Waals surface area contributed by atoms with E-state index in [9.17, 15) is 9.59 Å². The molecule has 2 aromatic carbocycles. The zero-order chi connectivity index (χ0) is 21.8. The van der Waals surface area contributed by atoms with Crippen LogP contribution in [0.1, 0.15) is 16.1 Å². The minimum Gasteiger partial charge on any atom is -0.451 e. The number of amides is 1. The van der Waals surface area contributed by atoms with Crippen molar-refractivity contribution in [3.05, 3.63) is 65.9 Å². The highest BCUT2D eigenvalue weighted by molar-refractivity contribution is 6.06. The lowest BCUT2D eigenvalue weighted by Gasteiger charge is -2.24. The molecule has 2 heterocycles. The summed E-state index contributed by atoms with van der Waals surface area (Å²) in [5.74, 6) is -0.293. The van der Waals surface area contributed by atoms with E-state index in [1.807, 2.05) is 24.3 Å². The maximum Gasteiger partial charge on any atom is 0.434 e. The van der Waals surface area contributed by atoms with Crippen LogP contribution in [0.4, 0.5) is 4.79 Å². The highest BCUT2D eigenvalue weighted by atomic mass is 16.5. The number of benzene rings is 2. The van der Waals surface area contributed by atoms with Crippen LogP contribution in [0.5, 0.6) is 0 Å². The maximum absolute atomic E-state index is 13.2. The van der Waals surface area contributed by atoms with Crippen molar-refractivity contribution in [2.24, 2.45) is 0 Å². The molecule has 4 rings (SSSR count). The summed E-state index contributed by atoms with van der Waals surface area (Å²) in [5.41, 5.74) is 2.02. The summed E-state index contributed by atoms with van der Waals surface area (Å²) in [7, 11) is 3.35. The topological polar surface area (TPSA) is 79.7 Å². The average molecular weight is 422 g/mol. The van der Waals surface area contributed by atoms with E-state index < -0.39 is 6.09 Å². The van der Waals surface area contributed by atoms with E-state index in [0.29, 0.717) is 10.9 Å². The Hall–Kier alpha value is -3.23. The van der Waals surface area contributed by atoms with Gasteiger partial charge in [-0.1, -0.05) is 48.5 Å². The molecular formula is C23H27N5O3. The van der Waals surface area contributed by atoms with Gasteiger partial charge in [0.1, 0.15) is 0 Å². The second-order valence-corrected chi connectivity index (χ2v) is 7.90. The van der Waals surface area contributed by atoms with E-state index in [1.54, 1.807) is 18.2 Å². The first-order valence-corrected chi connectivity index (χ1v) is 10.4. The first-order chi connectivity index (χ1) is 15.0. The number of nitrogens with one attached hydrogen (secondary N) is 1. The van der Waals surface area contributed by atoms with Gasteiger partial charge in [-0.15, -0.1) is 0 Å². The molecule has 1 unspecified atom stereocenters. The Balaban J connectivity index is 1.53. The molecule has 1 amide bonds. The monoisotopic (exact) mass is 421 g/mol. The number of likely N-dealkylation sites (N-methyl/N-ethyl adjacent to an activating group) is 1. The van der Waals surface area contributed by atoms with Gasteiger partial charge in [-0.05, 0) is 18.7 Å². The molecule has 1 N–H and O–H groups in total. The quantitative estimate of drug-likeness (QED) is 0.696. The zero-order valence-electron chi connectivity index (χ0n) is 17.8. The number of hydrogen-bond donors (Lipinski definition) is 1. The first-order valence-electron chi connectivity index (χ1n) is 10.4. The molecule has 0 spiro atoms. The lowest BCUT2D eigenvalue weighted by atomic mass is 10.1. The number of methoxy groups -OCH3 is 1. The Morgan fingerprint density at radius 1 is 1.06 bits per heavy atom. The summed E-state index contributed by atoms with van der Waals surface area (Å²) in [4.78, 5) is 29.8. The van der Waals surface area contributed by atoms with Crippen molar-refractivity contribution < 1.29 is 14.3 Å². The van der Waals surface area contributed by atoms with Gasteiger partial charge in [-0.3, -0.25) is 9.69 Å². The molecule has 31 heavy (non-hydrogen) atoms. The molecule has 0 saturated carbocycles. The Morgan fingerprint density at radius 3 is 2.58 bits per heavy atom. The smallest absolute Gasteiger partial charge is 0.434 e. The van der Waals surface area contributed by atoms with Crippen LogP contribution in [0.15, 0.2) is 54.6 Å². The van der Waals surface area contributed by atoms with E-state index in [2.05, 4.69) is 39.4 Å². The summed E-state index contributed by atoms with van der Waals surface area (Å²) >= 11 is 0. The van der Waals surface area contributed by atoms with Crippen LogP contribution < -0.4 is 5.32 Å². The molecule has 8 heteroatoms. The molecule has 1 aromatic heterocycles. The molecule has 162 valence electrons. The van der Waals surface area contributed by atoms with Crippen molar-refractivity contribution in [3.8, 4) is 0 Å². The fourth-order valence-corrected chi connectivity index (χ4v) is 4.03. The minimum atomic E-state index is -0.626. The lowest BCUT2D eigenvalue weighted by Crippen LogP contribution is -2.46. The minimum absolute atomic E-state index is 0.0641. The molecule has 1 atom stereocenters. The Kier molecular flexibility index (Phi) is 6.29. The summed E-state index contributed by atoms with van der Waals surface area (Å²) < 4.78 is 5.94. The standard InChI is InChI=1S/C23H27N5O3/c1-26-12-13-27(14-17-8-4-3-5-9-17)16-18(15-26)24-22(29)21-19-10-6-7-11-20(19)28(25-21)23(30)31-2/h3-11,18H,12-16H2,1-2H3,(H,24,29). The Labute approximate surface area is 181 Å². The summed E-state index contributed by atoms with van der Waals surface area (Å²) in [6, 6.07) is 17.4. The number of rotatable bonds is 4. The summed E-state index contributed by atoms with van der Waals surface area (Å²) in [5, 5.41) is 8.01. The van der Waals surface area contributed by atoms with Crippen LogP contribution in [0.3, 0.4) is 0 Å². The first kappa shape index (κ1) is 21.0. The Morgan fingerprint density at radius 2 is 1.81 bits per heavy atom. The van der Waals surface area contributed by atoms with Crippen LogP contribution in [-0.4, -0.2) is 78.0 Å². The molecule has 3 aromatic rings. The van der Waals surface area contributed by atoms with Crippen molar-refractivity contribution in [3.63, 3.8) is 0 Å².